The Balaban J connectivity index is 1.63. The molecule has 4 rings (SSSR count). The summed E-state index contributed by atoms with van der Waals surface area (Å²) in [5.74, 6) is -0.614. The second kappa shape index (κ2) is 10.4. The fourth-order valence-electron chi connectivity index (χ4n) is 3.82. The van der Waals surface area contributed by atoms with Gasteiger partial charge < -0.3 is 15.1 Å². The predicted molar refractivity (Wildman–Crippen MR) is 132 cm³/mol. The average Bonchev–Trinajstić information content (AvgIpc) is 3.63. The molecule has 1 atom stereocenters. The number of anilines is 2. The highest BCUT2D eigenvalue weighted by Gasteiger charge is 2.38. The number of benzene rings is 1. The Labute approximate surface area is 224 Å². The van der Waals surface area contributed by atoms with E-state index in [1.54, 1.807) is 38.2 Å². The summed E-state index contributed by atoms with van der Waals surface area (Å²) in [7, 11) is 4.95. The van der Waals surface area contributed by atoms with Crippen molar-refractivity contribution in [2.24, 2.45) is 5.92 Å². The van der Waals surface area contributed by atoms with Crippen LogP contribution in [0, 0.1) is 5.92 Å². The van der Waals surface area contributed by atoms with Crippen LogP contribution in [0.15, 0.2) is 36.5 Å². The van der Waals surface area contributed by atoms with E-state index in [9.17, 15) is 35.9 Å². The van der Waals surface area contributed by atoms with Gasteiger partial charge in [-0.3, -0.25) is 9.59 Å². The van der Waals surface area contributed by atoms with Crippen molar-refractivity contribution >= 4 is 23.5 Å². The molecule has 1 N–H and O–H groups in total. The van der Waals surface area contributed by atoms with Gasteiger partial charge in [0, 0.05) is 32.6 Å². The Bertz CT molecular complexity index is 1380. The van der Waals surface area contributed by atoms with E-state index in [1.807, 2.05) is 0 Å². The number of carbonyl (C=O) groups excluding carboxylic acids is 2. The molecule has 0 saturated heterocycles. The van der Waals surface area contributed by atoms with Crippen LogP contribution < -0.4 is 15.1 Å². The molecule has 15 heteroatoms. The average molecular weight is 570 g/mol. The van der Waals surface area contributed by atoms with E-state index < -0.39 is 41.0 Å². The predicted octanol–water partition coefficient (Wildman–Crippen LogP) is 4.63. The maximum absolute atomic E-state index is 13.3. The summed E-state index contributed by atoms with van der Waals surface area (Å²) in [4.78, 5) is 37.0. The van der Waals surface area contributed by atoms with Crippen molar-refractivity contribution in [2.45, 2.75) is 38.2 Å². The van der Waals surface area contributed by atoms with Gasteiger partial charge in [0.1, 0.15) is 0 Å². The number of halogens is 6. The third-order valence-corrected chi connectivity index (χ3v) is 6.20. The quantitative estimate of drug-likeness (QED) is 0.417. The molecule has 1 aliphatic rings. The molecule has 9 nitrogen and oxygen atoms in total. The highest BCUT2D eigenvalue weighted by molar-refractivity contribution is 5.96. The SMILES string of the molecule is C[C@H](NC(=O)c1cc(C(F)(F)F)cc(C(F)(F)F)c1)c1nc(N(C)C)nn1-c1ccc(N(C)C(=O)C2CC2)cn1. The Morgan fingerprint density at radius 2 is 1.60 bits per heavy atom. The zero-order chi connectivity index (χ0) is 29.6. The number of hydrogen-bond donors (Lipinski definition) is 1. The maximum Gasteiger partial charge on any atom is 0.416 e. The van der Waals surface area contributed by atoms with Crippen molar-refractivity contribution in [3.63, 3.8) is 0 Å². The lowest BCUT2D eigenvalue weighted by Gasteiger charge is -2.18. The number of pyridine rings is 1. The van der Waals surface area contributed by atoms with Gasteiger partial charge in [0.05, 0.1) is 29.1 Å². The number of nitrogens with one attached hydrogen (secondary N) is 1. The van der Waals surface area contributed by atoms with Crippen LogP contribution >= 0.6 is 0 Å². The molecule has 0 aliphatic heterocycles. The molecule has 2 heterocycles. The van der Waals surface area contributed by atoms with Gasteiger partial charge in [-0.15, -0.1) is 5.10 Å². The molecule has 0 unspecified atom stereocenters. The second-order valence-corrected chi connectivity index (χ2v) is 9.61. The highest BCUT2D eigenvalue weighted by Crippen LogP contribution is 2.36. The molecular weight excluding hydrogens is 544 g/mol. The van der Waals surface area contributed by atoms with Gasteiger partial charge in [-0.1, -0.05) is 0 Å². The zero-order valence-electron chi connectivity index (χ0n) is 21.8. The van der Waals surface area contributed by atoms with Gasteiger partial charge in [-0.25, -0.2) is 4.98 Å². The number of alkyl halides is 6. The van der Waals surface area contributed by atoms with Crippen molar-refractivity contribution < 1.29 is 35.9 Å². The number of hydrogen-bond acceptors (Lipinski definition) is 6. The first-order valence-corrected chi connectivity index (χ1v) is 12.0. The molecule has 0 bridgehead atoms. The molecule has 1 aromatic carbocycles. The highest BCUT2D eigenvalue weighted by atomic mass is 19.4. The number of carbonyl (C=O) groups is 2. The first-order chi connectivity index (χ1) is 18.6. The van der Waals surface area contributed by atoms with Crippen molar-refractivity contribution in [1.29, 1.82) is 0 Å². The molecule has 1 aliphatic carbocycles. The molecular formula is C25H25F6N7O2. The van der Waals surface area contributed by atoms with E-state index in [2.05, 4.69) is 20.4 Å². The number of amides is 2. The van der Waals surface area contributed by atoms with E-state index in [0.29, 0.717) is 17.8 Å². The summed E-state index contributed by atoms with van der Waals surface area (Å²) in [5, 5.41) is 6.76. The van der Waals surface area contributed by atoms with Gasteiger partial charge in [0.15, 0.2) is 11.6 Å². The summed E-state index contributed by atoms with van der Waals surface area (Å²) in [5.41, 5.74) is -3.49. The Hall–Kier alpha value is -4.17. The molecule has 0 spiro atoms. The summed E-state index contributed by atoms with van der Waals surface area (Å²) < 4.78 is 80.8. The minimum absolute atomic E-state index is 0.00254. The Kier molecular flexibility index (Phi) is 7.51. The smallest absolute Gasteiger partial charge is 0.346 e. The molecule has 1 saturated carbocycles. The monoisotopic (exact) mass is 569 g/mol. The Morgan fingerprint density at radius 3 is 2.08 bits per heavy atom. The van der Waals surface area contributed by atoms with Gasteiger partial charge in [-0.2, -0.15) is 36.0 Å². The van der Waals surface area contributed by atoms with Crippen LogP contribution in [0.2, 0.25) is 0 Å². The summed E-state index contributed by atoms with van der Waals surface area (Å²) in [6, 6.07) is 2.86. The van der Waals surface area contributed by atoms with Crippen molar-refractivity contribution in [3.8, 4) is 5.82 Å². The third kappa shape index (κ3) is 6.18. The molecule has 214 valence electrons. The number of rotatable bonds is 7. The standard InChI is InChI=1S/C25H25F6N7O2/c1-13(33-21(39)15-9-16(24(26,27)28)11-17(10-15)25(29,30)31)20-34-23(36(2)3)35-38(20)19-8-7-18(12-32-19)37(4)22(40)14-5-6-14/h7-14H,5-6H2,1-4H3,(H,33,39)/t13-/m0/s1. The summed E-state index contributed by atoms with van der Waals surface area (Å²) >= 11 is 0. The van der Waals surface area contributed by atoms with Crippen LogP contribution in [0.25, 0.3) is 5.82 Å². The second-order valence-electron chi connectivity index (χ2n) is 9.61. The topological polar surface area (TPSA) is 96.3 Å². The lowest BCUT2D eigenvalue weighted by atomic mass is 10.0. The van der Waals surface area contributed by atoms with Crippen LogP contribution in [-0.2, 0) is 17.1 Å². The minimum atomic E-state index is -5.10. The zero-order valence-corrected chi connectivity index (χ0v) is 21.8. The largest absolute Gasteiger partial charge is 0.416 e. The molecule has 1 fully saturated rings. The van der Waals surface area contributed by atoms with Crippen molar-refractivity contribution in [2.75, 3.05) is 30.9 Å². The molecule has 40 heavy (non-hydrogen) atoms. The van der Waals surface area contributed by atoms with Crippen LogP contribution in [-0.4, -0.2) is 52.7 Å². The van der Waals surface area contributed by atoms with Crippen molar-refractivity contribution in [3.05, 3.63) is 59.0 Å². The summed E-state index contributed by atoms with van der Waals surface area (Å²) in [6.45, 7) is 1.45. The van der Waals surface area contributed by atoms with E-state index in [0.717, 1.165) is 12.8 Å². The van der Waals surface area contributed by atoms with Crippen LogP contribution in [0.5, 0.6) is 0 Å². The van der Waals surface area contributed by atoms with Crippen LogP contribution in [0.3, 0.4) is 0 Å². The van der Waals surface area contributed by atoms with Crippen LogP contribution in [0.1, 0.15) is 53.1 Å². The minimum Gasteiger partial charge on any atom is -0.346 e. The van der Waals surface area contributed by atoms with Gasteiger partial charge in [0.2, 0.25) is 11.9 Å². The van der Waals surface area contributed by atoms with E-state index in [-0.39, 0.29) is 35.5 Å². The molecule has 0 radical (unpaired) electrons. The Morgan fingerprint density at radius 1 is 1.00 bits per heavy atom. The van der Waals surface area contributed by atoms with Crippen molar-refractivity contribution in [1.82, 2.24) is 25.1 Å². The lowest BCUT2D eigenvalue weighted by molar-refractivity contribution is -0.143. The fourth-order valence-corrected chi connectivity index (χ4v) is 3.82. The number of aromatic nitrogens is 4. The maximum atomic E-state index is 13.3. The third-order valence-electron chi connectivity index (χ3n) is 6.20. The van der Waals surface area contributed by atoms with E-state index in [4.69, 9.17) is 0 Å². The van der Waals surface area contributed by atoms with Gasteiger partial charge >= 0.3 is 12.4 Å². The normalized spacial score (nSPS) is 14.6. The number of nitrogens with zero attached hydrogens (tertiary/aromatic N) is 6. The van der Waals surface area contributed by atoms with Crippen LogP contribution in [0.4, 0.5) is 38.0 Å². The van der Waals surface area contributed by atoms with Gasteiger partial charge in [0.25, 0.3) is 5.91 Å². The van der Waals surface area contributed by atoms with E-state index >= 15 is 0 Å². The molecule has 2 amide bonds. The van der Waals surface area contributed by atoms with E-state index in [1.165, 1.54) is 22.7 Å². The summed E-state index contributed by atoms with van der Waals surface area (Å²) in [6.07, 6.45) is -7.06. The molecule has 2 aromatic heterocycles. The first-order valence-electron chi connectivity index (χ1n) is 12.0. The molecule has 3 aromatic rings. The van der Waals surface area contributed by atoms with Gasteiger partial charge in [-0.05, 0) is 50.1 Å². The fraction of sp³-hybridized carbons (Fsp3) is 0.400. The first kappa shape index (κ1) is 28.8. The lowest BCUT2D eigenvalue weighted by Crippen LogP contribution is -2.29.